The number of pyridine rings is 5. The highest BCUT2D eigenvalue weighted by Crippen LogP contribution is 2.33. The standard InChI is InChI=1S/2C17H20N.2C16H18N.C15H16N/c1-13-7-3-6-10-16(13)17-11-14-8-4-5-9-15(14)12-18(17)2;1-13-7-3-5-9-15(13)17-16-10-6-4-8-14(16)11-12-18(17)2;2*1-12-6-3-4-9-15(12)16-10-13-7-5-8-14(13)11-17(16)2;1-16-11-10-12-8-5-9-14(12)15(16)13-6-3-2-4-7-13/h3,6-7,10-12H,4-5,8-9H2,1-2H3;3,5,7,9,11-12H,4,6,8,10H2,1-2H3;2*3-4,6,9-11H,5,7-8H2,1-2H3;2-4,6-7,10-11H,5,8-9H2,1H3/q5*+1/i8D2;8D2,10D2;7D2;;. The van der Waals surface area contributed by atoms with Crippen molar-refractivity contribution in [3.63, 3.8) is 0 Å². The molecule has 15 rings (SSSR count). The molecule has 0 spiro atoms. The highest BCUT2D eigenvalue weighted by atomic mass is 14.9. The van der Waals surface area contributed by atoms with Crippen LogP contribution in [0.25, 0.3) is 56.3 Å². The molecule has 0 amide bonds. The van der Waals surface area contributed by atoms with Crippen LogP contribution in [0.3, 0.4) is 0 Å². The molecule has 436 valence electrons. The highest BCUT2D eigenvalue weighted by Gasteiger charge is 2.26. The molecule has 5 heterocycles. The minimum atomic E-state index is -1.52. The maximum Gasteiger partial charge on any atom is 0.216 e. The van der Waals surface area contributed by atoms with Crippen LogP contribution in [-0.2, 0) is 99.3 Å². The van der Waals surface area contributed by atoms with Crippen molar-refractivity contribution < 1.29 is 33.8 Å². The van der Waals surface area contributed by atoms with Gasteiger partial charge in [0, 0.05) is 96.9 Å². The number of benzene rings is 5. The number of aryl methyl sites for hydroxylation is 17. The molecule has 0 unspecified atom stereocenters. The molecular formula is C81H92N5+5. The number of fused-ring (bicyclic) bond motifs is 5. The summed E-state index contributed by atoms with van der Waals surface area (Å²) in [4.78, 5) is 0. The topological polar surface area (TPSA) is 19.4 Å². The van der Waals surface area contributed by atoms with Crippen molar-refractivity contribution in [1.29, 1.82) is 0 Å². The summed E-state index contributed by atoms with van der Waals surface area (Å²) in [5, 5.41) is 0. The number of aromatic nitrogens is 5. The van der Waals surface area contributed by atoms with Gasteiger partial charge in [0.2, 0.25) is 28.5 Å². The third-order valence-corrected chi connectivity index (χ3v) is 17.9. The Morgan fingerprint density at radius 3 is 1.23 bits per heavy atom. The van der Waals surface area contributed by atoms with Crippen molar-refractivity contribution in [2.24, 2.45) is 35.2 Å². The van der Waals surface area contributed by atoms with E-state index >= 15 is 0 Å². The van der Waals surface area contributed by atoms with Crippen molar-refractivity contribution >= 4 is 0 Å². The average Bonchev–Trinajstić information content (AvgIpc) is 1.000. The number of hydrogen-bond acceptors (Lipinski definition) is 0. The van der Waals surface area contributed by atoms with Gasteiger partial charge in [-0.1, -0.05) is 91.0 Å². The molecule has 0 radical (unpaired) electrons. The largest absolute Gasteiger partial charge is 0.216 e. The van der Waals surface area contributed by atoms with Crippen LogP contribution >= 0.6 is 0 Å². The number of rotatable bonds is 5. The van der Waals surface area contributed by atoms with Crippen molar-refractivity contribution in [2.45, 2.75) is 137 Å². The first-order valence-corrected chi connectivity index (χ1v) is 31.2. The molecule has 0 atom stereocenters. The summed E-state index contributed by atoms with van der Waals surface area (Å²) in [6, 6.07) is 54.2. The van der Waals surface area contributed by atoms with Crippen LogP contribution in [0.2, 0.25) is 0 Å². The first kappa shape index (κ1) is 50.0. The number of nitrogens with zero attached hydrogens (tertiary/aromatic N) is 5. The lowest BCUT2D eigenvalue weighted by Crippen LogP contribution is -2.33. The summed E-state index contributed by atoms with van der Waals surface area (Å²) in [6.45, 7) is 8.38. The van der Waals surface area contributed by atoms with Gasteiger partial charge >= 0.3 is 0 Å². The van der Waals surface area contributed by atoms with E-state index in [-0.39, 0.29) is 12.8 Å². The summed E-state index contributed by atoms with van der Waals surface area (Å²) in [5.74, 6) is 0. The monoisotopic (exact) mass is 1140 g/mol. The fourth-order valence-electron chi connectivity index (χ4n) is 13.2. The molecule has 0 saturated heterocycles. The van der Waals surface area contributed by atoms with Crippen LogP contribution in [0.15, 0.2) is 189 Å². The molecule has 5 heteroatoms. The van der Waals surface area contributed by atoms with Gasteiger partial charge < -0.3 is 0 Å². The molecule has 0 aliphatic heterocycles. The van der Waals surface area contributed by atoms with Crippen LogP contribution in [-0.4, -0.2) is 0 Å². The van der Waals surface area contributed by atoms with Crippen molar-refractivity contribution in [3.8, 4) is 56.3 Å². The van der Waals surface area contributed by atoms with E-state index in [1.54, 1.807) is 17.2 Å². The second kappa shape index (κ2) is 27.5. The lowest BCUT2D eigenvalue weighted by molar-refractivity contribution is -0.661. The molecule has 5 aliphatic carbocycles. The van der Waals surface area contributed by atoms with Crippen molar-refractivity contribution in [2.75, 3.05) is 0 Å². The zero-order valence-electron chi connectivity index (χ0n) is 60.3. The van der Waals surface area contributed by atoms with Gasteiger partial charge in [0.25, 0.3) is 0 Å². The molecule has 0 fully saturated rings. The highest BCUT2D eigenvalue weighted by molar-refractivity contribution is 5.67. The Kier molecular flexibility index (Phi) is 16.0. The van der Waals surface area contributed by atoms with E-state index in [0.717, 1.165) is 69.7 Å². The first-order chi connectivity index (χ1) is 44.8. The van der Waals surface area contributed by atoms with Gasteiger partial charge in [0.1, 0.15) is 35.2 Å². The number of hydrogen-bond donors (Lipinski definition) is 0. The van der Waals surface area contributed by atoms with Crippen LogP contribution < -0.4 is 22.8 Å². The average molecular weight is 1140 g/mol. The van der Waals surface area contributed by atoms with Crippen LogP contribution in [0, 0.1) is 27.7 Å². The predicted molar refractivity (Wildman–Crippen MR) is 354 cm³/mol. The van der Waals surface area contributed by atoms with E-state index in [4.69, 9.17) is 11.0 Å². The molecule has 0 N–H and O–H groups in total. The van der Waals surface area contributed by atoms with E-state index in [0.29, 0.717) is 24.0 Å². The first-order valence-electron chi connectivity index (χ1n) is 35.2. The minimum Gasteiger partial charge on any atom is -0.201 e. The third-order valence-electron chi connectivity index (χ3n) is 17.9. The normalized spacial score (nSPS) is 17.7. The minimum absolute atomic E-state index is 0.204. The van der Waals surface area contributed by atoms with E-state index in [2.05, 4.69) is 175 Å². The van der Waals surface area contributed by atoms with E-state index in [1.807, 2.05) is 93.4 Å². The molecule has 5 aromatic heterocycles. The lowest BCUT2D eigenvalue weighted by atomic mass is 9.88. The van der Waals surface area contributed by atoms with Crippen molar-refractivity contribution in [3.05, 3.63) is 267 Å². The van der Waals surface area contributed by atoms with Gasteiger partial charge in [0.05, 0.1) is 0 Å². The quantitative estimate of drug-likeness (QED) is 0.153. The second-order valence-corrected chi connectivity index (χ2v) is 24.0. The molecule has 5 aliphatic rings. The maximum absolute atomic E-state index is 8.43. The zero-order valence-corrected chi connectivity index (χ0v) is 52.3. The van der Waals surface area contributed by atoms with Gasteiger partial charge in [-0.2, -0.15) is 0 Å². The lowest BCUT2D eigenvalue weighted by Gasteiger charge is -2.17. The van der Waals surface area contributed by atoms with Crippen LogP contribution in [0.5, 0.6) is 0 Å². The Morgan fingerprint density at radius 2 is 0.674 bits per heavy atom. The van der Waals surface area contributed by atoms with Gasteiger partial charge in [-0.05, 0) is 223 Å². The smallest absolute Gasteiger partial charge is 0.201 e. The molecule has 0 saturated carbocycles. The molecular weight excluding hydrogens is 1040 g/mol. The molecule has 10 aromatic rings. The Hall–Kier alpha value is -8.15. The SMILES string of the molecule is C[n+]1ccc2c(c1-c1ccccc1)CCC2.Cc1ccccc1-c1cc2c(c[n+]1C)CCC2.[2H]C1([2H])CCC([2H])([2H])c2c1cc[n+](C)c2-c1ccccc1C.[2H]C1([2H])CCCc2c[n+](C)c(-c3ccccc3C)cc21.[2H]C1([2H])CCc2c[n+](C)c(-c3ccccc3C)cc21. The predicted octanol–water partition coefficient (Wildman–Crippen LogP) is 15.3. The molecule has 5 nitrogen and oxygen atoms in total. The Bertz CT molecular complexity index is 4440. The molecule has 5 aromatic carbocycles. The summed E-state index contributed by atoms with van der Waals surface area (Å²) in [6.07, 6.45) is 17.1. The Balaban J connectivity index is 0.000000120. The zero-order chi connectivity index (χ0) is 66.9. The van der Waals surface area contributed by atoms with Crippen LogP contribution in [0.4, 0.5) is 0 Å². The summed E-state index contributed by atoms with van der Waals surface area (Å²) in [7, 11) is 10.3. The van der Waals surface area contributed by atoms with Gasteiger partial charge in [-0.25, -0.2) is 22.8 Å². The van der Waals surface area contributed by atoms with Crippen molar-refractivity contribution in [1.82, 2.24) is 0 Å². The van der Waals surface area contributed by atoms with Gasteiger partial charge in [-0.3, -0.25) is 0 Å². The fraction of sp³-hybridized carbons (Fsp3) is 0.321. The molecule has 86 heavy (non-hydrogen) atoms. The van der Waals surface area contributed by atoms with Gasteiger partial charge in [-0.15, -0.1) is 0 Å². The summed E-state index contributed by atoms with van der Waals surface area (Å²) < 4.78 is 76.8. The summed E-state index contributed by atoms with van der Waals surface area (Å²) in [5.41, 5.74) is 27.7. The van der Waals surface area contributed by atoms with Gasteiger partial charge in [0.15, 0.2) is 31.0 Å². The van der Waals surface area contributed by atoms with E-state index in [1.165, 1.54) is 100.0 Å². The second-order valence-electron chi connectivity index (χ2n) is 24.0. The van der Waals surface area contributed by atoms with E-state index < -0.39 is 25.5 Å². The maximum atomic E-state index is 8.43. The molecule has 0 bridgehead atoms. The fourth-order valence-corrected chi connectivity index (χ4v) is 13.2. The third kappa shape index (κ3) is 13.4. The Morgan fingerprint density at radius 1 is 0.291 bits per heavy atom. The Labute approximate surface area is 526 Å². The van der Waals surface area contributed by atoms with E-state index in [9.17, 15) is 0 Å². The van der Waals surface area contributed by atoms with Crippen LogP contribution in [0.1, 0.15) is 134 Å². The summed E-state index contributed by atoms with van der Waals surface area (Å²) >= 11 is 0.